The molecule has 0 fully saturated rings. The van der Waals surface area contributed by atoms with Crippen LogP contribution in [0.15, 0.2) is 12.4 Å². The number of allylic oxidation sites excluding steroid dienone is 1. The lowest BCUT2D eigenvalue weighted by Gasteiger charge is -2.12. The number of ether oxygens (including phenoxy) is 2. The fourth-order valence-electron chi connectivity index (χ4n) is 0.970. The number of hydrogen-bond donors (Lipinski definition) is 0. The van der Waals surface area contributed by atoms with Gasteiger partial charge in [-0.3, -0.25) is 9.59 Å². The second kappa shape index (κ2) is 6.98. The summed E-state index contributed by atoms with van der Waals surface area (Å²) in [5.74, 6) is -3.56. The predicted octanol–water partition coefficient (Wildman–Crippen LogP) is 1.60. The average Bonchev–Trinajstić information content (AvgIpc) is 2.14. The summed E-state index contributed by atoms with van der Waals surface area (Å²) >= 11 is 0. The van der Waals surface area contributed by atoms with Crippen LogP contribution in [-0.2, 0) is 19.1 Å². The summed E-state index contributed by atoms with van der Waals surface area (Å²) in [6.45, 7) is 6.47. The minimum Gasteiger partial charge on any atom is -0.465 e. The Morgan fingerprint density at radius 2 is 1.60 bits per heavy atom. The Bertz CT molecular complexity index is 232. The third-order valence-electron chi connectivity index (χ3n) is 1.57. The first kappa shape index (κ1) is 13.6. The summed E-state index contributed by atoms with van der Waals surface area (Å²) in [4.78, 5) is 22.5. The molecule has 0 radical (unpaired) electrons. The molecular weight excluding hydrogens is 203 g/mol. The van der Waals surface area contributed by atoms with E-state index < -0.39 is 30.1 Å². The van der Waals surface area contributed by atoms with Gasteiger partial charge in [0.2, 0.25) is 0 Å². The van der Waals surface area contributed by atoms with E-state index in [4.69, 9.17) is 0 Å². The van der Waals surface area contributed by atoms with Gasteiger partial charge in [-0.05, 0) is 13.8 Å². The lowest BCUT2D eigenvalue weighted by atomic mass is 10.1. The van der Waals surface area contributed by atoms with Gasteiger partial charge in [0.25, 0.3) is 0 Å². The molecule has 0 N–H and O–H groups in total. The molecule has 0 unspecified atom stereocenters. The molecule has 15 heavy (non-hydrogen) atoms. The summed E-state index contributed by atoms with van der Waals surface area (Å²) in [6.07, 6.45) is -0.391. The minimum absolute atomic E-state index is 0.132. The number of carbonyl (C=O) groups is 2. The van der Waals surface area contributed by atoms with Gasteiger partial charge < -0.3 is 9.47 Å². The van der Waals surface area contributed by atoms with Crippen molar-refractivity contribution in [3.8, 4) is 0 Å². The van der Waals surface area contributed by atoms with Gasteiger partial charge in [0, 0.05) is 6.42 Å². The molecule has 0 aromatic rings. The van der Waals surface area contributed by atoms with E-state index in [0.717, 1.165) is 0 Å². The Kier molecular flexibility index (Phi) is 6.33. The average molecular weight is 218 g/mol. The summed E-state index contributed by atoms with van der Waals surface area (Å²) < 4.78 is 21.8. The highest BCUT2D eigenvalue weighted by atomic mass is 19.1. The van der Waals surface area contributed by atoms with Crippen LogP contribution in [0.5, 0.6) is 0 Å². The van der Waals surface area contributed by atoms with Crippen molar-refractivity contribution in [2.75, 3.05) is 13.2 Å². The molecule has 0 rings (SSSR count). The molecule has 0 aliphatic carbocycles. The van der Waals surface area contributed by atoms with Crippen LogP contribution in [0.2, 0.25) is 0 Å². The highest BCUT2D eigenvalue weighted by Gasteiger charge is 2.30. The van der Waals surface area contributed by atoms with Crippen molar-refractivity contribution in [1.82, 2.24) is 0 Å². The summed E-state index contributed by atoms with van der Waals surface area (Å²) in [5, 5.41) is 0. The molecule has 4 nitrogen and oxygen atoms in total. The van der Waals surface area contributed by atoms with Crippen molar-refractivity contribution >= 4 is 11.9 Å². The molecular formula is C10H15FO4. The number of halogens is 1. The van der Waals surface area contributed by atoms with Gasteiger partial charge >= 0.3 is 11.9 Å². The molecule has 0 saturated heterocycles. The van der Waals surface area contributed by atoms with Crippen LogP contribution in [0.1, 0.15) is 20.3 Å². The van der Waals surface area contributed by atoms with Crippen LogP contribution in [0.3, 0.4) is 0 Å². The molecule has 0 amide bonds. The zero-order valence-corrected chi connectivity index (χ0v) is 8.92. The molecule has 0 spiro atoms. The summed E-state index contributed by atoms with van der Waals surface area (Å²) in [7, 11) is 0. The Balaban J connectivity index is 4.49. The number of esters is 2. The third-order valence-corrected chi connectivity index (χ3v) is 1.57. The van der Waals surface area contributed by atoms with E-state index in [-0.39, 0.29) is 13.2 Å². The standard InChI is InChI=1S/C10H15FO4/c1-4-14-9(12)8(6-7(3)11)10(13)15-5-2/h8H,3-6H2,1-2H3. The number of hydrogen-bond acceptors (Lipinski definition) is 4. The molecule has 0 aromatic heterocycles. The van der Waals surface area contributed by atoms with E-state index in [1.54, 1.807) is 13.8 Å². The highest BCUT2D eigenvalue weighted by Crippen LogP contribution is 2.15. The topological polar surface area (TPSA) is 52.6 Å². The largest absolute Gasteiger partial charge is 0.465 e. The van der Waals surface area contributed by atoms with Crippen molar-refractivity contribution in [1.29, 1.82) is 0 Å². The first-order valence-electron chi connectivity index (χ1n) is 4.69. The molecule has 0 aliphatic heterocycles. The van der Waals surface area contributed by atoms with Crippen molar-refractivity contribution in [2.24, 2.45) is 5.92 Å². The van der Waals surface area contributed by atoms with E-state index in [2.05, 4.69) is 16.1 Å². The van der Waals surface area contributed by atoms with Gasteiger partial charge in [0.15, 0.2) is 5.92 Å². The van der Waals surface area contributed by atoms with E-state index in [1.165, 1.54) is 0 Å². The van der Waals surface area contributed by atoms with Crippen LogP contribution in [0, 0.1) is 5.92 Å². The quantitative estimate of drug-likeness (QED) is 0.502. The first-order valence-corrected chi connectivity index (χ1v) is 4.69. The van der Waals surface area contributed by atoms with Gasteiger partial charge in [0.1, 0.15) is 0 Å². The molecule has 0 atom stereocenters. The van der Waals surface area contributed by atoms with Crippen LogP contribution in [-0.4, -0.2) is 25.2 Å². The van der Waals surface area contributed by atoms with E-state index in [1.807, 2.05) is 0 Å². The SMILES string of the molecule is C=C(F)CC(C(=O)OCC)C(=O)OCC. The van der Waals surface area contributed by atoms with Gasteiger partial charge in [0.05, 0.1) is 19.0 Å². The minimum atomic E-state index is -1.25. The van der Waals surface area contributed by atoms with Crippen LogP contribution >= 0.6 is 0 Å². The fraction of sp³-hybridized carbons (Fsp3) is 0.600. The zero-order chi connectivity index (χ0) is 11.8. The Morgan fingerprint density at radius 1 is 1.20 bits per heavy atom. The lowest BCUT2D eigenvalue weighted by molar-refractivity contribution is -0.161. The summed E-state index contributed by atoms with van der Waals surface area (Å²) in [6, 6.07) is 0. The maximum atomic E-state index is 12.5. The summed E-state index contributed by atoms with van der Waals surface area (Å²) in [5.41, 5.74) is 0. The maximum Gasteiger partial charge on any atom is 0.320 e. The lowest BCUT2D eigenvalue weighted by Crippen LogP contribution is -2.28. The van der Waals surface area contributed by atoms with Crippen LogP contribution in [0.25, 0.3) is 0 Å². The van der Waals surface area contributed by atoms with Crippen LogP contribution in [0.4, 0.5) is 4.39 Å². The normalized spacial score (nSPS) is 9.87. The Hall–Kier alpha value is -1.39. The predicted molar refractivity (Wildman–Crippen MR) is 51.6 cm³/mol. The highest BCUT2D eigenvalue weighted by molar-refractivity contribution is 5.95. The molecule has 0 aromatic carbocycles. The smallest absolute Gasteiger partial charge is 0.320 e. The second-order valence-electron chi connectivity index (χ2n) is 2.78. The molecule has 0 aliphatic rings. The van der Waals surface area contributed by atoms with E-state index >= 15 is 0 Å². The fourth-order valence-corrected chi connectivity index (χ4v) is 0.970. The molecule has 0 saturated carbocycles. The van der Waals surface area contributed by atoms with Gasteiger partial charge in [-0.25, -0.2) is 4.39 Å². The molecule has 0 bridgehead atoms. The monoisotopic (exact) mass is 218 g/mol. The second-order valence-corrected chi connectivity index (χ2v) is 2.78. The van der Waals surface area contributed by atoms with Gasteiger partial charge in [-0.1, -0.05) is 6.58 Å². The van der Waals surface area contributed by atoms with E-state index in [0.29, 0.717) is 0 Å². The third kappa shape index (κ3) is 5.15. The maximum absolute atomic E-state index is 12.5. The zero-order valence-electron chi connectivity index (χ0n) is 8.92. The molecule has 0 heterocycles. The van der Waals surface area contributed by atoms with Crippen molar-refractivity contribution < 1.29 is 23.5 Å². The first-order chi connectivity index (χ1) is 7.02. The van der Waals surface area contributed by atoms with E-state index in [9.17, 15) is 14.0 Å². The van der Waals surface area contributed by atoms with Crippen molar-refractivity contribution in [3.63, 3.8) is 0 Å². The van der Waals surface area contributed by atoms with Gasteiger partial charge in [-0.2, -0.15) is 0 Å². The van der Waals surface area contributed by atoms with Crippen molar-refractivity contribution in [3.05, 3.63) is 12.4 Å². The Morgan fingerprint density at radius 3 is 1.87 bits per heavy atom. The number of carbonyl (C=O) groups excluding carboxylic acids is 2. The molecule has 86 valence electrons. The van der Waals surface area contributed by atoms with Crippen LogP contribution < -0.4 is 0 Å². The molecule has 5 heteroatoms. The van der Waals surface area contributed by atoms with Crippen molar-refractivity contribution in [2.45, 2.75) is 20.3 Å². The van der Waals surface area contributed by atoms with Gasteiger partial charge in [-0.15, -0.1) is 0 Å². The Labute approximate surface area is 88.0 Å². The number of rotatable bonds is 6.